The molecule has 0 radical (unpaired) electrons. The normalized spacial score (nSPS) is 16.5. The highest BCUT2D eigenvalue weighted by molar-refractivity contribution is 5.77. The Morgan fingerprint density at radius 1 is 1.36 bits per heavy atom. The summed E-state index contributed by atoms with van der Waals surface area (Å²) in [6.07, 6.45) is 3.46. The summed E-state index contributed by atoms with van der Waals surface area (Å²) in [7, 11) is 0. The first-order valence-electron chi connectivity index (χ1n) is 8.01. The van der Waals surface area contributed by atoms with Gasteiger partial charge in [0.1, 0.15) is 0 Å². The first-order valence-corrected chi connectivity index (χ1v) is 8.01. The molecule has 1 amide bonds. The molecular weight excluding hydrogens is 283 g/mol. The van der Waals surface area contributed by atoms with Gasteiger partial charge >= 0.3 is 0 Å². The molecule has 0 spiro atoms. The Labute approximate surface area is 131 Å². The molecule has 1 fully saturated rings. The predicted molar refractivity (Wildman–Crippen MR) is 84.4 cm³/mol. The number of piperidine rings is 1. The van der Waals surface area contributed by atoms with Crippen LogP contribution in [0.25, 0.3) is 0 Å². The number of carbonyl (C=O) groups is 1. The standard InChI is InChI=1S/C17H25FN2O2/c1-14-7-11-20(12-8-14)10-4-9-19-17(21)13-22-16-6-3-2-5-15(16)18/h2-3,5-6,14H,4,7-13H2,1H3,(H,19,21). The second kappa shape index (κ2) is 8.73. The largest absolute Gasteiger partial charge is 0.481 e. The van der Waals surface area contributed by atoms with Crippen LogP contribution in [0.1, 0.15) is 26.2 Å². The van der Waals surface area contributed by atoms with Gasteiger partial charge in [0.05, 0.1) is 0 Å². The van der Waals surface area contributed by atoms with Crippen molar-refractivity contribution in [1.82, 2.24) is 10.2 Å². The molecule has 4 nitrogen and oxygen atoms in total. The molecule has 0 aliphatic carbocycles. The summed E-state index contributed by atoms with van der Waals surface area (Å²) in [5, 5.41) is 2.81. The predicted octanol–water partition coefficient (Wildman–Crippen LogP) is 2.44. The third kappa shape index (κ3) is 5.64. The molecule has 1 aromatic rings. The van der Waals surface area contributed by atoms with Crippen LogP contribution in [0, 0.1) is 11.7 Å². The van der Waals surface area contributed by atoms with Crippen LogP contribution >= 0.6 is 0 Å². The fourth-order valence-electron chi connectivity index (χ4n) is 2.57. The highest BCUT2D eigenvalue weighted by Gasteiger charge is 2.14. The number of hydrogen-bond acceptors (Lipinski definition) is 3. The van der Waals surface area contributed by atoms with Crippen molar-refractivity contribution in [2.45, 2.75) is 26.2 Å². The minimum absolute atomic E-state index is 0.111. The van der Waals surface area contributed by atoms with Gasteiger partial charge in [-0.3, -0.25) is 4.79 Å². The Balaban J connectivity index is 1.55. The molecule has 0 unspecified atom stereocenters. The highest BCUT2D eigenvalue weighted by Crippen LogP contribution is 2.16. The highest BCUT2D eigenvalue weighted by atomic mass is 19.1. The molecule has 1 aliphatic heterocycles. The molecule has 5 heteroatoms. The fraction of sp³-hybridized carbons (Fsp3) is 0.588. The van der Waals surface area contributed by atoms with Gasteiger partial charge in [-0.2, -0.15) is 0 Å². The van der Waals surface area contributed by atoms with E-state index in [1.54, 1.807) is 12.1 Å². The quantitative estimate of drug-likeness (QED) is 0.787. The number of benzene rings is 1. The summed E-state index contributed by atoms with van der Waals surface area (Å²) >= 11 is 0. The van der Waals surface area contributed by atoms with Crippen molar-refractivity contribution in [1.29, 1.82) is 0 Å². The van der Waals surface area contributed by atoms with Crippen LogP contribution in [0.3, 0.4) is 0 Å². The minimum Gasteiger partial charge on any atom is -0.481 e. The van der Waals surface area contributed by atoms with Gasteiger partial charge in [0, 0.05) is 6.54 Å². The number of para-hydroxylation sites is 1. The lowest BCUT2D eigenvalue weighted by molar-refractivity contribution is -0.123. The van der Waals surface area contributed by atoms with Gasteiger partial charge < -0.3 is 15.0 Å². The maximum Gasteiger partial charge on any atom is 0.257 e. The molecule has 1 heterocycles. The second-order valence-electron chi connectivity index (χ2n) is 5.95. The first-order chi connectivity index (χ1) is 10.6. The van der Waals surface area contributed by atoms with E-state index in [1.165, 1.54) is 25.0 Å². The number of halogens is 1. The van der Waals surface area contributed by atoms with E-state index < -0.39 is 5.82 Å². The van der Waals surface area contributed by atoms with E-state index in [9.17, 15) is 9.18 Å². The maximum atomic E-state index is 13.3. The molecule has 1 aliphatic rings. The number of ether oxygens (including phenoxy) is 1. The van der Waals surface area contributed by atoms with Gasteiger partial charge in [-0.25, -0.2) is 4.39 Å². The molecule has 122 valence electrons. The summed E-state index contributed by atoms with van der Waals surface area (Å²) in [6.45, 7) is 6.11. The molecule has 0 saturated carbocycles. The lowest BCUT2D eigenvalue weighted by Gasteiger charge is -2.30. The van der Waals surface area contributed by atoms with E-state index in [1.807, 2.05) is 0 Å². The summed E-state index contributed by atoms with van der Waals surface area (Å²) in [6, 6.07) is 6.09. The Morgan fingerprint density at radius 3 is 2.82 bits per heavy atom. The fourth-order valence-corrected chi connectivity index (χ4v) is 2.57. The topological polar surface area (TPSA) is 41.6 Å². The van der Waals surface area contributed by atoms with E-state index >= 15 is 0 Å². The van der Waals surface area contributed by atoms with Gasteiger partial charge in [0.15, 0.2) is 18.2 Å². The van der Waals surface area contributed by atoms with Crippen LogP contribution in [0.4, 0.5) is 4.39 Å². The van der Waals surface area contributed by atoms with E-state index in [0.29, 0.717) is 6.54 Å². The van der Waals surface area contributed by atoms with Crippen LogP contribution in [0.15, 0.2) is 24.3 Å². The summed E-state index contributed by atoms with van der Waals surface area (Å²) in [4.78, 5) is 14.1. The van der Waals surface area contributed by atoms with Crippen molar-refractivity contribution in [3.05, 3.63) is 30.1 Å². The van der Waals surface area contributed by atoms with Gasteiger partial charge in [0.2, 0.25) is 0 Å². The molecule has 1 saturated heterocycles. The number of nitrogens with zero attached hydrogens (tertiary/aromatic N) is 1. The Kier molecular flexibility index (Phi) is 6.65. The van der Waals surface area contributed by atoms with Gasteiger partial charge in [-0.05, 0) is 56.9 Å². The Hall–Kier alpha value is -1.62. The molecule has 2 rings (SSSR count). The van der Waals surface area contributed by atoms with E-state index in [0.717, 1.165) is 32.0 Å². The average molecular weight is 308 g/mol. The van der Waals surface area contributed by atoms with Crippen LogP contribution in [-0.2, 0) is 4.79 Å². The maximum absolute atomic E-state index is 13.3. The smallest absolute Gasteiger partial charge is 0.257 e. The Bertz CT molecular complexity index is 473. The van der Waals surface area contributed by atoms with Gasteiger partial charge in [0.25, 0.3) is 5.91 Å². The van der Waals surface area contributed by atoms with Crippen molar-refractivity contribution in [3.8, 4) is 5.75 Å². The Morgan fingerprint density at radius 2 is 2.09 bits per heavy atom. The number of nitrogens with one attached hydrogen (secondary N) is 1. The van der Waals surface area contributed by atoms with Crippen LogP contribution in [0.2, 0.25) is 0 Å². The number of likely N-dealkylation sites (tertiary alicyclic amines) is 1. The van der Waals surface area contributed by atoms with Crippen LogP contribution in [0.5, 0.6) is 5.75 Å². The van der Waals surface area contributed by atoms with Crippen LogP contribution in [-0.4, -0.2) is 43.6 Å². The number of amides is 1. The third-order valence-corrected chi connectivity index (χ3v) is 4.04. The molecule has 0 aromatic heterocycles. The van der Waals surface area contributed by atoms with Crippen molar-refractivity contribution < 1.29 is 13.9 Å². The van der Waals surface area contributed by atoms with Gasteiger partial charge in [-0.1, -0.05) is 19.1 Å². The molecule has 0 atom stereocenters. The lowest BCUT2D eigenvalue weighted by atomic mass is 9.99. The lowest BCUT2D eigenvalue weighted by Crippen LogP contribution is -2.36. The zero-order chi connectivity index (χ0) is 15.8. The average Bonchev–Trinajstić information content (AvgIpc) is 2.52. The van der Waals surface area contributed by atoms with Crippen LogP contribution < -0.4 is 10.1 Å². The van der Waals surface area contributed by atoms with E-state index in [2.05, 4.69) is 17.1 Å². The van der Waals surface area contributed by atoms with Gasteiger partial charge in [-0.15, -0.1) is 0 Å². The summed E-state index contributed by atoms with van der Waals surface area (Å²) < 4.78 is 18.5. The molecule has 1 N–H and O–H groups in total. The molecule has 1 aromatic carbocycles. The number of carbonyl (C=O) groups excluding carboxylic acids is 1. The second-order valence-corrected chi connectivity index (χ2v) is 5.95. The first kappa shape index (κ1) is 16.7. The SMILES string of the molecule is CC1CCN(CCCNC(=O)COc2ccccc2F)CC1. The number of hydrogen-bond donors (Lipinski definition) is 1. The molecular formula is C17H25FN2O2. The van der Waals surface area contributed by atoms with Crippen molar-refractivity contribution in [3.63, 3.8) is 0 Å². The molecule has 0 bridgehead atoms. The van der Waals surface area contributed by atoms with Crippen molar-refractivity contribution in [2.75, 3.05) is 32.8 Å². The zero-order valence-corrected chi connectivity index (χ0v) is 13.2. The minimum atomic E-state index is -0.449. The van der Waals surface area contributed by atoms with Crippen molar-refractivity contribution >= 4 is 5.91 Å². The zero-order valence-electron chi connectivity index (χ0n) is 13.2. The monoisotopic (exact) mass is 308 g/mol. The summed E-state index contributed by atoms with van der Waals surface area (Å²) in [5.41, 5.74) is 0. The number of rotatable bonds is 7. The van der Waals surface area contributed by atoms with E-state index in [-0.39, 0.29) is 18.3 Å². The van der Waals surface area contributed by atoms with Crippen molar-refractivity contribution in [2.24, 2.45) is 5.92 Å². The molecule has 22 heavy (non-hydrogen) atoms. The van der Waals surface area contributed by atoms with E-state index in [4.69, 9.17) is 4.74 Å². The third-order valence-electron chi connectivity index (χ3n) is 4.04. The summed E-state index contributed by atoms with van der Waals surface area (Å²) in [5.74, 6) is 0.289.